The van der Waals surface area contributed by atoms with Gasteiger partial charge in [0.15, 0.2) is 6.35 Å². The van der Waals surface area contributed by atoms with E-state index in [1.165, 1.54) is 15.9 Å². The standard InChI is InChI=1S/C39H39N6OPS2.Cu/c1-30-23-25-32(26-24-30)37(42-44-38(48)40-2)36(31-15-7-3-8-16-31)43-45-39(49)41-27-28-46-29-47(33-17-9-4-10-18-33,34-19-11-5-12-20-34)35-21-13-6-14-22-35;/h3-26H,27-29H2,1-2H3,(H3-,40,41,42,43,44,45,48,49);/q;+2/p-1. The number of rotatable bonds is 13. The third-order valence-electron chi connectivity index (χ3n) is 7.69. The molecule has 1 radical (unpaired) electrons. The number of hydrogen-bond acceptors (Lipinski definition) is 7. The number of amidine groups is 2. The van der Waals surface area contributed by atoms with Gasteiger partial charge in [0.25, 0.3) is 0 Å². The van der Waals surface area contributed by atoms with E-state index in [9.17, 15) is 0 Å². The molecule has 0 atom stereocenters. The van der Waals surface area contributed by atoms with Crippen molar-refractivity contribution in [3.63, 3.8) is 0 Å². The van der Waals surface area contributed by atoms with Crippen LogP contribution in [0.1, 0.15) is 16.7 Å². The molecule has 0 fully saturated rings. The van der Waals surface area contributed by atoms with Crippen molar-refractivity contribution in [2.75, 3.05) is 26.5 Å². The Bertz CT molecular complexity index is 1800. The van der Waals surface area contributed by atoms with Crippen LogP contribution in [-0.4, -0.2) is 48.3 Å². The molecule has 0 spiro atoms. The first-order valence-corrected chi connectivity index (χ1v) is 18.6. The van der Waals surface area contributed by atoms with Crippen LogP contribution in [0, 0.1) is 6.92 Å². The van der Waals surface area contributed by atoms with Crippen LogP contribution >= 0.6 is 7.26 Å². The molecule has 0 heterocycles. The first-order valence-electron chi connectivity index (χ1n) is 15.8. The maximum Gasteiger partial charge on any atom is 2.00 e. The number of hydrogen-bond donors (Lipinski definition) is 2. The first kappa shape index (κ1) is 38.5. The molecule has 0 aliphatic heterocycles. The topological polar surface area (TPSA) is 82.7 Å². The molecule has 0 aromatic heterocycles. The Labute approximate surface area is 317 Å². The molecule has 50 heavy (non-hydrogen) atoms. The molecule has 5 rings (SSSR count). The maximum absolute atomic E-state index is 6.48. The number of nitrogens with one attached hydrogen (secondary N) is 2. The quantitative estimate of drug-likeness (QED) is 0.0307. The Hall–Kier alpha value is -4.27. The van der Waals surface area contributed by atoms with Gasteiger partial charge >= 0.3 is 17.1 Å². The Morgan fingerprint density at radius 2 is 1.00 bits per heavy atom. The van der Waals surface area contributed by atoms with Gasteiger partial charge in [-0.15, -0.1) is 10.2 Å². The van der Waals surface area contributed by atoms with Crippen molar-refractivity contribution in [3.05, 3.63) is 162 Å². The van der Waals surface area contributed by atoms with Gasteiger partial charge in [-0.25, -0.2) is 0 Å². The van der Waals surface area contributed by atoms with Crippen LogP contribution in [-0.2, 0) is 47.1 Å². The molecule has 7 nitrogen and oxygen atoms in total. The maximum atomic E-state index is 6.48. The predicted molar refractivity (Wildman–Crippen MR) is 213 cm³/mol. The molecule has 0 unspecified atom stereocenters. The van der Waals surface area contributed by atoms with E-state index in [1.807, 2.05) is 61.5 Å². The van der Waals surface area contributed by atoms with Crippen LogP contribution in [0.5, 0.6) is 0 Å². The van der Waals surface area contributed by atoms with Crippen molar-refractivity contribution in [1.82, 2.24) is 10.6 Å². The van der Waals surface area contributed by atoms with E-state index in [2.05, 4.69) is 122 Å². The van der Waals surface area contributed by atoms with Crippen molar-refractivity contribution in [2.24, 2.45) is 20.4 Å². The summed E-state index contributed by atoms with van der Waals surface area (Å²) in [6.45, 7) is 2.92. The normalized spacial score (nSPS) is 12.6. The largest absolute Gasteiger partial charge is 2.00 e. The Kier molecular flexibility index (Phi) is 15.3. The van der Waals surface area contributed by atoms with Crippen LogP contribution in [0.15, 0.2) is 166 Å². The molecular weight excluding hydrogens is 727 g/mol. The summed E-state index contributed by atoms with van der Waals surface area (Å²) in [5, 5.41) is 28.0. The number of aryl methyl sites for hydroxylation is 1. The average Bonchev–Trinajstić information content (AvgIpc) is 3.16. The molecule has 0 aliphatic rings. The average molecular weight is 765 g/mol. The Morgan fingerprint density at radius 1 is 0.580 bits per heavy atom. The number of benzene rings is 5. The van der Waals surface area contributed by atoms with Gasteiger partial charge in [0.2, 0.25) is 0 Å². The van der Waals surface area contributed by atoms with Crippen molar-refractivity contribution in [1.29, 1.82) is 0 Å². The molecule has 0 bridgehead atoms. The van der Waals surface area contributed by atoms with Crippen molar-refractivity contribution in [2.45, 2.75) is 6.92 Å². The van der Waals surface area contributed by atoms with E-state index in [4.69, 9.17) is 30.0 Å². The second kappa shape index (κ2) is 19.8. The fourth-order valence-electron chi connectivity index (χ4n) is 5.22. The van der Waals surface area contributed by atoms with E-state index < -0.39 is 7.26 Å². The third-order valence-corrected chi connectivity index (χ3v) is 12.3. The minimum atomic E-state index is -2.10. The van der Waals surface area contributed by atoms with Gasteiger partial charge in [-0.05, 0) is 53.7 Å². The van der Waals surface area contributed by atoms with E-state index in [0.717, 1.165) is 16.7 Å². The van der Waals surface area contributed by atoms with Crippen LogP contribution < -0.4 is 26.5 Å². The molecule has 5 aromatic carbocycles. The van der Waals surface area contributed by atoms with E-state index in [1.54, 1.807) is 7.05 Å². The number of nitrogens with zero attached hydrogens (tertiary/aromatic N) is 4. The molecule has 2 N–H and O–H groups in total. The van der Waals surface area contributed by atoms with Crippen LogP contribution in [0.2, 0.25) is 0 Å². The molecule has 0 amide bonds. The van der Waals surface area contributed by atoms with Crippen LogP contribution in [0.4, 0.5) is 0 Å². The van der Waals surface area contributed by atoms with Gasteiger partial charge in [0.05, 0.1) is 6.61 Å². The zero-order valence-electron chi connectivity index (χ0n) is 27.7. The molecule has 5 aromatic rings. The summed E-state index contributed by atoms with van der Waals surface area (Å²) in [5.74, 6) is 0. The minimum Gasteiger partial charge on any atom is -0.741 e. The van der Waals surface area contributed by atoms with Crippen LogP contribution in [0.25, 0.3) is 0 Å². The fraction of sp³-hybridized carbons (Fsp3) is 0.128. The van der Waals surface area contributed by atoms with E-state index in [0.29, 0.717) is 30.9 Å². The van der Waals surface area contributed by atoms with Crippen molar-refractivity contribution >= 4 is 70.2 Å². The third kappa shape index (κ3) is 10.1. The van der Waals surface area contributed by atoms with Crippen molar-refractivity contribution in [3.8, 4) is 0 Å². The zero-order valence-corrected chi connectivity index (χ0v) is 31.2. The van der Waals surface area contributed by atoms with Gasteiger partial charge in [0.1, 0.15) is 34.6 Å². The van der Waals surface area contributed by atoms with E-state index in [-0.39, 0.29) is 27.4 Å². The second-order valence-electron chi connectivity index (χ2n) is 11.0. The SMILES string of the molecule is CN/C([S-])=N/N=C(/C(=N/N=C(\[S-])NCCOC[P+](c1ccccc1)(c1ccccc1)c1ccccc1)c1ccccc1)c1ccc(C)cc1.[Cu+2]. The number of ether oxygens (including phenoxy) is 1. The van der Waals surface area contributed by atoms with Gasteiger partial charge in [0, 0.05) is 24.7 Å². The summed E-state index contributed by atoms with van der Waals surface area (Å²) < 4.78 is 6.48. The van der Waals surface area contributed by atoms with Gasteiger partial charge < -0.3 is 40.6 Å². The summed E-state index contributed by atoms with van der Waals surface area (Å²) >= 11 is 10.8. The minimum absolute atomic E-state index is 0. The molecular formula is C39H38CuN6OPS2+. The molecule has 0 saturated heterocycles. The zero-order chi connectivity index (χ0) is 34.3. The summed E-state index contributed by atoms with van der Waals surface area (Å²) in [5.41, 5.74) is 3.78. The smallest absolute Gasteiger partial charge is 0.741 e. The van der Waals surface area contributed by atoms with Crippen LogP contribution in [0.3, 0.4) is 0 Å². The molecule has 0 aliphatic carbocycles. The summed E-state index contributed by atoms with van der Waals surface area (Å²) in [4.78, 5) is 0. The molecule has 0 saturated carbocycles. The summed E-state index contributed by atoms with van der Waals surface area (Å²) in [6.07, 6.45) is 0.543. The fourth-order valence-corrected chi connectivity index (χ4v) is 9.19. The molecule has 11 heteroatoms. The van der Waals surface area contributed by atoms with Gasteiger partial charge in [-0.1, -0.05) is 115 Å². The molecule has 257 valence electrons. The summed E-state index contributed by atoms with van der Waals surface area (Å²) in [7, 11) is -0.397. The van der Waals surface area contributed by atoms with Gasteiger partial charge in [-0.3, -0.25) is 0 Å². The second-order valence-corrected chi connectivity index (χ2v) is 15.2. The summed E-state index contributed by atoms with van der Waals surface area (Å²) in [6, 6.07) is 49.7. The van der Waals surface area contributed by atoms with E-state index >= 15 is 0 Å². The van der Waals surface area contributed by atoms with Gasteiger partial charge in [-0.2, -0.15) is 10.2 Å². The van der Waals surface area contributed by atoms with Crippen molar-refractivity contribution < 1.29 is 21.8 Å². The Morgan fingerprint density at radius 3 is 1.46 bits per heavy atom. The monoisotopic (exact) mass is 764 g/mol. The Balaban J connectivity index is 0.00000562. The first-order chi connectivity index (χ1) is 24.0. The predicted octanol–water partition coefficient (Wildman–Crippen LogP) is 5.68.